The largest absolute Gasteiger partial charge is 0.490 e. The summed E-state index contributed by atoms with van der Waals surface area (Å²) in [6.45, 7) is 2.05. The maximum atomic E-state index is 12.5. The van der Waals surface area contributed by atoms with E-state index in [1.165, 1.54) is 0 Å². The zero-order chi connectivity index (χ0) is 16.0. The minimum absolute atomic E-state index is 0.0972. The molecule has 0 saturated carbocycles. The highest BCUT2D eigenvalue weighted by molar-refractivity contribution is 6.06. The number of fused-ring (bicyclic) bond motifs is 2. The highest BCUT2D eigenvalue weighted by atomic mass is 16.5. The van der Waals surface area contributed by atoms with Gasteiger partial charge in [0.05, 0.1) is 0 Å². The first-order chi connectivity index (χ1) is 11.1. The second-order valence-electron chi connectivity index (χ2n) is 6.11. The molecule has 0 fully saturated rings. The van der Waals surface area contributed by atoms with E-state index in [-0.39, 0.29) is 12.0 Å². The normalized spacial score (nSPS) is 16.2. The molecule has 1 N–H and O–H groups in total. The highest BCUT2D eigenvalue weighted by Gasteiger charge is 2.19. The van der Waals surface area contributed by atoms with Gasteiger partial charge in [0.25, 0.3) is 5.91 Å². The second kappa shape index (κ2) is 5.16. The number of rotatable bonds is 2. The molecule has 4 rings (SSSR count). The molecule has 1 atom stereocenters. The molecule has 1 amide bonds. The van der Waals surface area contributed by atoms with Crippen LogP contribution in [0.2, 0.25) is 0 Å². The van der Waals surface area contributed by atoms with E-state index in [1.807, 2.05) is 67.2 Å². The van der Waals surface area contributed by atoms with Crippen molar-refractivity contribution in [3.05, 3.63) is 59.8 Å². The molecular weight excluding hydrogens is 288 g/mol. The third-order valence-corrected chi connectivity index (χ3v) is 4.30. The Morgan fingerprint density at radius 2 is 2.09 bits per heavy atom. The maximum absolute atomic E-state index is 12.5. The minimum atomic E-state index is -0.0972. The van der Waals surface area contributed by atoms with Crippen molar-refractivity contribution >= 4 is 22.5 Å². The van der Waals surface area contributed by atoms with Crippen LogP contribution < -0.4 is 10.1 Å². The van der Waals surface area contributed by atoms with Crippen molar-refractivity contribution in [3.63, 3.8) is 0 Å². The van der Waals surface area contributed by atoms with E-state index in [2.05, 4.69) is 5.32 Å². The first-order valence-corrected chi connectivity index (χ1v) is 7.76. The van der Waals surface area contributed by atoms with Gasteiger partial charge in [-0.05, 0) is 54.3 Å². The summed E-state index contributed by atoms with van der Waals surface area (Å²) in [5.41, 5.74) is 3.66. The number of nitrogens with one attached hydrogen (secondary N) is 1. The van der Waals surface area contributed by atoms with Crippen LogP contribution in [0.4, 0.5) is 5.69 Å². The molecule has 0 spiro atoms. The van der Waals surface area contributed by atoms with Crippen molar-refractivity contribution in [2.45, 2.75) is 19.4 Å². The molecule has 4 heteroatoms. The Bertz CT molecular complexity index is 911. The molecule has 0 saturated heterocycles. The lowest BCUT2D eigenvalue weighted by atomic mass is 10.1. The first kappa shape index (κ1) is 13.9. The first-order valence-electron chi connectivity index (χ1n) is 7.76. The number of benzene rings is 2. The Morgan fingerprint density at radius 1 is 1.22 bits per heavy atom. The van der Waals surface area contributed by atoms with Gasteiger partial charge in [0, 0.05) is 36.4 Å². The van der Waals surface area contributed by atoms with E-state index in [0.717, 1.165) is 34.3 Å². The molecule has 4 nitrogen and oxygen atoms in total. The van der Waals surface area contributed by atoms with Crippen molar-refractivity contribution in [2.24, 2.45) is 7.05 Å². The van der Waals surface area contributed by atoms with Gasteiger partial charge >= 0.3 is 0 Å². The number of nitrogens with zero attached hydrogens (tertiary/aromatic N) is 1. The van der Waals surface area contributed by atoms with Gasteiger partial charge in [-0.1, -0.05) is 6.07 Å². The quantitative estimate of drug-likeness (QED) is 0.783. The lowest BCUT2D eigenvalue weighted by Crippen LogP contribution is -2.12. The van der Waals surface area contributed by atoms with E-state index in [0.29, 0.717) is 5.56 Å². The lowest BCUT2D eigenvalue weighted by molar-refractivity contribution is 0.102. The summed E-state index contributed by atoms with van der Waals surface area (Å²) in [6, 6.07) is 13.6. The smallest absolute Gasteiger partial charge is 0.255 e. The number of aromatic nitrogens is 1. The van der Waals surface area contributed by atoms with Gasteiger partial charge in [-0.15, -0.1) is 0 Å². The van der Waals surface area contributed by atoms with Crippen LogP contribution in [0.25, 0.3) is 10.9 Å². The van der Waals surface area contributed by atoms with E-state index in [4.69, 9.17) is 4.74 Å². The van der Waals surface area contributed by atoms with E-state index < -0.39 is 0 Å². The number of carbonyl (C=O) groups is 1. The van der Waals surface area contributed by atoms with Crippen LogP contribution in [0.1, 0.15) is 22.8 Å². The summed E-state index contributed by atoms with van der Waals surface area (Å²) in [4.78, 5) is 12.5. The maximum Gasteiger partial charge on any atom is 0.255 e. The van der Waals surface area contributed by atoms with Gasteiger partial charge in [-0.2, -0.15) is 0 Å². The zero-order valence-electron chi connectivity index (χ0n) is 13.2. The summed E-state index contributed by atoms with van der Waals surface area (Å²) in [7, 11) is 1.98. The molecule has 1 aliphatic heterocycles. The predicted molar refractivity (Wildman–Crippen MR) is 91.1 cm³/mol. The SMILES string of the molecule is CC1Cc2cc(NC(=O)c3ccc4ccn(C)c4c3)ccc2O1. The van der Waals surface area contributed by atoms with Crippen LogP contribution in [-0.2, 0) is 13.5 Å². The number of anilines is 1. The number of hydrogen-bond donors (Lipinski definition) is 1. The molecular formula is C19H18N2O2. The zero-order valence-corrected chi connectivity index (χ0v) is 13.2. The molecule has 0 radical (unpaired) electrons. The monoisotopic (exact) mass is 306 g/mol. The Hall–Kier alpha value is -2.75. The Morgan fingerprint density at radius 3 is 2.96 bits per heavy atom. The summed E-state index contributed by atoms with van der Waals surface area (Å²) in [6.07, 6.45) is 3.08. The molecule has 0 bridgehead atoms. The molecule has 1 aliphatic rings. The number of aryl methyl sites for hydroxylation is 1. The van der Waals surface area contributed by atoms with E-state index >= 15 is 0 Å². The van der Waals surface area contributed by atoms with Gasteiger partial charge in [0.15, 0.2) is 0 Å². The average Bonchev–Trinajstić information content (AvgIpc) is 3.09. The molecule has 1 aromatic heterocycles. The van der Waals surface area contributed by atoms with Gasteiger partial charge in [0.2, 0.25) is 0 Å². The molecule has 2 aromatic carbocycles. The third kappa shape index (κ3) is 2.46. The molecule has 0 aliphatic carbocycles. The Kier molecular flexibility index (Phi) is 3.11. The Labute approximate surface area is 134 Å². The van der Waals surface area contributed by atoms with Crippen LogP contribution >= 0.6 is 0 Å². The third-order valence-electron chi connectivity index (χ3n) is 4.30. The van der Waals surface area contributed by atoms with Gasteiger partial charge in [-0.25, -0.2) is 0 Å². The second-order valence-corrected chi connectivity index (χ2v) is 6.11. The lowest BCUT2D eigenvalue weighted by Gasteiger charge is -2.08. The van der Waals surface area contributed by atoms with Crippen molar-refractivity contribution in [1.82, 2.24) is 4.57 Å². The van der Waals surface area contributed by atoms with Crippen LogP contribution in [0.3, 0.4) is 0 Å². The van der Waals surface area contributed by atoms with Crippen LogP contribution in [-0.4, -0.2) is 16.6 Å². The molecule has 1 unspecified atom stereocenters. The topological polar surface area (TPSA) is 43.3 Å². The van der Waals surface area contributed by atoms with Crippen molar-refractivity contribution in [3.8, 4) is 5.75 Å². The summed E-state index contributed by atoms with van der Waals surface area (Å²) in [5.74, 6) is 0.820. The number of hydrogen-bond acceptors (Lipinski definition) is 2. The number of amides is 1. The molecule has 23 heavy (non-hydrogen) atoms. The van der Waals surface area contributed by atoms with Crippen LogP contribution in [0.5, 0.6) is 5.75 Å². The van der Waals surface area contributed by atoms with Gasteiger partial charge in [0.1, 0.15) is 11.9 Å². The minimum Gasteiger partial charge on any atom is -0.490 e. The fourth-order valence-corrected chi connectivity index (χ4v) is 3.11. The van der Waals surface area contributed by atoms with Gasteiger partial charge in [-0.3, -0.25) is 4.79 Å². The standard InChI is InChI=1S/C19H18N2O2/c1-12-9-15-10-16(5-6-18(15)23-12)20-19(22)14-4-3-13-7-8-21(2)17(13)11-14/h3-8,10-12H,9H2,1-2H3,(H,20,22). The summed E-state index contributed by atoms with van der Waals surface area (Å²) in [5, 5.41) is 4.11. The molecule has 116 valence electrons. The average molecular weight is 306 g/mol. The number of ether oxygens (including phenoxy) is 1. The van der Waals surface area contributed by atoms with Crippen LogP contribution in [0, 0.1) is 0 Å². The molecule has 2 heterocycles. The molecule has 3 aromatic rings. The fourth-order valence-electron chi connectivity index (χ4n) is 3.11. The number of carbonyl (C=O) groups excluding carboxylic acids is 1. The van der Waals surface area contributed by atoms with E-state index in [1.54, 1.807) is 0 Å². The Balaban J connectivity index is 1.59. The van der Waals surface area contributed by atoms with Crippen molar-refractivity contribution in [1.29, 1.82) is 0 Å². The van der Waals surface area contributed by atoms with Crippen LogP contribution in [0.15, 0.2) is 48.7 Å². The van der Waals surface area contributed by atoms with E-state index in [9.17, 15) is 4.79 Å². The fraction of sp³-hybridized carbons (Fsp3) is 0.211. The van der Waals surface area contributed by atoms with Gasteiger partial charge < -0.3 is 14.6 Å². The van der Waals surface area contributed by atoms with Crippen molar-refractivity contribution in [2.75, 3.05) is 5.32 Å². The summed E-state index contributed by atoms with van der Waals surface area (Å²) < 4.78 is 7.70. The summed E-state index contributed by atoms with van der Waals surface area (Å²) >= 11 is 0. The van der Waals surface area contributed by atoms with Crippen molar-refractivity contribution < 1.29 is 9.53 Å². The predicted octanol–water partition coefficient (Wildman–Crippen LogP) is 3.75. The highest BCUT2D eigenvalue weighted by Crippen LogP contribution is 2.31.